The molecule has 106 valence electrons. The third kappa shape index (κ3) is 3.33. The molecule has 0 amide bonds. The van der Waals surface area contributed by atoms with Gasteiger partial charge in [-0.2, -0.15) is 0 Å². The summed E-state index contributed by atoms with van der Waals surface area (Å²) in [5.41, 5.74) is 6.12. The van der Waals surface area contributed by atoms with Gasteiger partial charge < -0.3 is 5.73 Å². The summed E-state index contributed by atoms with van der Waals surface area (Å²) in [6.07, 6.45) is 0. The fourth-order valence-electron chi connectivity index (χ4n) is 1.50. The van der Waals surface area contributed by atoms with Gasteiger partial charge in [-0.25, -0.2) is 12.8 Å². The largest absolute Gasteiger partial charge is 0.399 e. The molecule has 0 aromatic heterocycles. The van der Waals surface area contributed by atoms with E-state index < -0.39 is 15.8 Å². The first-order valence-electron chi connectivity index (χ1n) is 5.32. The van der Waals surface area contributed by atoms with Crippen molar-refractivity contribution in [3.63, 3.8) is 0 Å². The highest BCUT2D eigenvalue weighted by Crippen LogP contribution is 2.27. The van der Waals surface area contributed by atoms with Gasteiger partial charge in [0.15, 0.2) is 0 Å². The van der Waals surface area contributed by atoms with Gasteiger partial charge in [-0.05, 0) is 59.0 Å². The first-order chi connectivity index (χ1) is 9.29. The first-order valence-corrected chi connectivity index (χ1v) is 8.26. The summed E-state index contributed by atoms with van der Waals surface area (Å²) >= 11 is 7.71. The molecule has 2 rings (SSSR count). The summed E-state index contributed by atoms with van der Waals surface area (Å²) in [5, 5.41) is 0.0591. The molecule has 4 nitrogen and oxygen atoms in total. The molecule has 2 aromatic rings. The molecule has 8 heteroatoms. The molecule has 0 aliphatic heterocycles. The van der Waals surface area contributed by atoms with E-state index in [-0.39, 0.29) is 21.3 Å². The van der Waals surface area contributed by atoms with E-state index in [0.717, 1.165) is 0 Å². The lowest BCUT2D eigenvalue weighted by Gasteiger charge is -2.11. The molecular formula is C12H9ClFIN2O2S. The number of anilines is 2. The molecule has 0 atom stereocenters. The maximum Gasteiger partial charge on any atom is 0.263 e. The zero-order chi connectivity index (χ0) is 14.9. The van der Waals surface area contributed by atoms with E-state index >= 15 is 0 Å². The Kier molecular flexibility index (Phi) is 4.40. The van der Waals surface area contributed by atoms with Gasteiger partial charge in [-0.15, -0.1) is 0 Å². The maximum absolute atomic E-state index is 13.0. The lowest BCUT2D eigenvalue weighted by molar-refractivity contribution is 0.601. The van der Waals surface area contributed by atoms with Crippen molar-refractivity contribution in [1.82, 2.24) is 0 Å². The van der Waals surface area contributed by atoms with Gasteiger partial charge in [-0.1, -0.05) is 11.6 Å². The van der Waals surface area contributed by atoms with Crippen LogP contribution in [0.5, 0.6) is 0 Å². The van der Waals surface area contributed by atoms with Gasteiger partial charge in [0.1, 0.15) is 10.7 Å². The number of nitrogens with one attached hydrogen (secondary N) is 1. The Morgan fingerprint density at radius 3 is 2.55 bits per heavy atom. The van der Waals surface area contributed by atoms with E-state index in [9.17, 15) is 12.8 Å². The number of nitrogen functional groups attached to an aromatic ring is 1. The minimum absolute atomic E-state index is 0.0591. The van der Waals surface area contributed by atoms with E-state index in [1.807, 2.05) is 22.6 Å². The lowest BCUT2D eigenvalue weighted by atomic mass is 10.3. The van der Waals surface area contributed by atoms with Gasteiger partial charge in [-0.3, -0.25) is 4.72 Å². The highest BCUT2D eigenvalue weighted by molar-refractivity contribution is 14.1. The van der Waals surface area contributed by atoms with Crippen molar-refractivity contribution in [1.29, 1.82) is 0 Å². The molecule has 3 N–H and O–H groups in total. The molecule has 0 aliphatic carbocycles. The van der Waals surface area contributed by atoms with Crippen molar-refractivity contribution in [2.75, 3.05) is 10.5 Å². The minimum Gasteiger partial charge on any atom is -0.399 e. The summed E-state index contributed by atoms with van der Waals surface area (Å²) in [6.45, 7) is 0. The number of rotatable bonds is 3. The van der Waals surface area contributed by atoms with Crippen molar-refractivity contribution < 1.29 is 12.8 Å². The van der Waals surface area contributed by atoms with E-state index in [2.05, 4.69) is 4.72 Å². The number of halogens is 3. The van der Waals surface area contributed by atoms with Gasteiger partial charge in [0.2, 0.25) is 0 Å². The summed E-state index contributed by atoms with van der Waals surface area (Å²) in [6, 6.07) is 7.90. The molecule has 0 fully saturated rings. The van der Waals surface area contributed by atoms with Crippen LogP contribution in [0.1, 0.15) is 0 Å². The molecule has 0 saturated heterocycles. The summed E-state index contributed by atoms with van der Waals surface area (Å²) in [4.78, 5) is -0.126. The van der Waals surface area contributed by atoms with Crippen LogP contribution in [0.15, 0.2) is 41.3 Å². The van der Waals surface area contributed by atoms with Crippen LogP contribution >= 0.6 is 34.2 Å². The third-order valence-electron chi connectivity index (χ3n) is 2.42. The second kappa shape index (κ2) is 5.74. The number of hydrogen-bond acceptors (Lipinski definition) is 3. The zero-order valence-electron chi connectivity index (χ0n) is 9.90. The van der Waals surface area contributed by atoms with Crippen LogP contribution in [0.4, 0.5) is 15.8 Å². The summed E-state index contributed by atoms with van der Waals surface area (Å²) < 4.78 is 40.3. The third-order valence-corrected chi connectivity index (χ3v) is 5.16. The zero-order valence-corrected chi connectivity index (χ0v) is 13.6. The van der Waals surface area contributed by atoms with Crippen molar-refractivity contribution in [2.24, 2.45) is 0 Å². The first kappa shape index (κ1) is 15.3. The molecule has 0 saturated carbocycles. The fraction of sp³-hybridized carbons (Fsp3) is 0. The van der Waals surface area contributed by atoms with Crippen molar-refractivity contribution in [2.45, 2.75) is 4.90 Å². The molecule has 2 aromatic carbocycles. The Morgan fingerprint density at radius 2 is 1.90 bits per heavy atom. The van der Waals surface area contributed by atoms with Crippen LogP contribution in [0.2, 0.25) is 5.02 Å². The second-order valence-electron chi connectivity index (χ2n) is 3.92. The average molecular weight is 427 g/mol. The monoisotopic (exact) mass is 426 g/mol. The lowest BCUT2D eigenvalue weighted by Crippen LogP contribution is -2.14. The quantitative estimate of drug-likeness (QED) is 0.583. The van der Waals surface area contributed by atoms with Crippen LogP contribution in [-0.2, 0) is 10.0 Å². The average Bonchev–Trinajstić information content (AvgIpc) is 2.35. The van der Waals surface area contributed by atoms with E-state index in [1.54, 1.807) is 0 Å². The molecule has 0 bridgehead atoms. The Labute approximate surface area is 134 Å². The molecule has 0 radical (unpaired) electrons. The van der Waals surface area contributed by atoms with Crippen molar-refractivity contribution >= 4 is 55.6 Å². The van der Waals surface area contributed by atoms with E-state index in [4.69, 9.17) is 17.3 Å². The predicted molar refractivity (Wildman–Crippen MR) is 85.8 cm³/mol. The SMILES string of the molecule is Nc1ccc(Cl)c(S(=O)(=O)Nc2ccc(F)cc2I)c1. The maximum atomic E-state index is 13.0. The minimum atomic E-state index is -3.89. The Hall–Kier alpha value is -1.06. The van der Waals surface area contributed by atoms with E-state index in [1.165, 1.54) is 36.4 Å². The Bertz CT molecular complexity index is 768. The smallest absolute Gasteiger partial charge is 0.263 e. The van der Waals surface area contributed by atoms with Gasteiger partial charge >= 0.3 is 0 Å². The van der Waals surface area contributed by atoms with Crippen molar-refractivity contribution in [3.05, 3.63) is 50.8 Å². The normalized spacial score (nSPS) is 11.3. The fourth-order valence-corrected chi connectivity index (χ4v) is 3.91. The van der Waals surface area contributed by atoms with E-state index in [0.29, 0.717) is 3.57 Å². The molecule has 0 unspecified atom stereocenters. The summed E-state index contributed by atoms with van der Waals surface area (Å²) in [5.74, 6) is -0.445. The van der Waals surface area contributed by atoms with Crippen LogP contribution in [0, 0.1) is 9.39 Å². The number of hydrogen-bond donors (Lipinski definition) is 2. The van der Waals surface area contributed by atoms with Gasteiger partial charge in [0, 0.05) is 9.26 Å². The van der Waals surface area contributed by atoms with Crippen LogP contribution in [-0.4, -0.2) is 8.42 Å². The molecule has 0 heterocycles. The molecule has 20 heavy (non-hydrogen) atoms. The standard InChI is InChI=1S/C12H9ClFIN2O2S/c13-9-3-2-8(16)6-12(9)20(18,19)17-11-4-1-7(14)5-10(11)15/h1-6,17H,16H2. The highest BCUT2D eigenvalue weighted by Gasteiger charge is 2.19. The van der Waals surface area contributed by atoms with Crippen LogP contribution in [0.25, 0.3) is 0 Å². The summed E-state index contributed by atoms with van der Waals surface area (Å²) in [7, 11) is -3.89. The van der Waals surface area contributed by atoms with Crippen LogP contribution < -0.4 is 10.5 Å². The highest BCUT2D eigenvalue weighted by atomic mass is 127. The molecule has 0 spiro atoms. The van der Waals surface area contributed by atoms with Crippen LogP contribution in [0.3, 0.4) is 0 Å². The van der Waals surface area contributed by atoms with Crippen molar-refractivity contribution in [3.8, 4) is 0 Å². The number of sulfonamides is 1. The predicted octanol–water partition coefficient (Wildman–Crippen LogP) is 3.47. The molecule has 0 aliphatic rings. The number of benzene rings is 2. The number of nitrogens with two attached hydrogens (primary N) is 1. The second-order valence-corrected chi connectivity index (χ2v) is 7.14. The van der Waals surface area contributed by atoms with Gasteiger partial charge in [0.05, 0.1) is 10.7 Å². The topological polar surface area (TPSA) is 72.2 Å². The van der Waals surface area contributed by atoms with Gasteiger partial charge in [0.25, 0.3) is 10.0 Å². The molecular weight excluding hydrogens is 418 g/mol. The Balaban J connectivity index is 2.43. The Morgan fingerprint density at radius 1 is 1.20 bits per heavy atom.